The second-order valence-electron chi connectivity index (χ2n) is 5.75. The molecular formula is C20H26ClNO. The van der Waals surface area contributed by atoms with Gasteiger partial charge in [0, 0.05) is 11.6 Å². The number of benzene rings is 1. The molecule has 1 unspecified atom stereocenters. The Morgan fingerprint density at radius 3 is 2.61 bits per heavy atom. The van der Waals surface area contributed by atoms with Crippen LogP contribution >= 0.6 is 11.6 Å². The van der Waals surface area contributed by atoms with Gasteiger partial charge in [-0.25, -0.2) is 0 Å². The summed E-state index contributed by atoms with van der Waals surface area (Å²) in [6.07, 6.45) is 10.4. The average molecular weight is 332 g/mol. The van der Waals surface area contributed by atoms with Crippen LogP contribution in [0.2, 0.25) is 5.02 Å². The summed E-state index contributed by atoms with van der Waals surface area (Å²) < 4.78 is 6.25. The molecule has 0 aliphatic carbocycles. The molecule has 1 aromatic rings. The van der Waals surface area contributed by atoms with Crippen LogP contribution in [0.1, 0.15) is 31.4 Å². The zero-order chi connectivity index (χ0) is 16.5. The Hall–Kier alpha value is -1.35. The highest BCUT2D eigenvalue weighted by Crippen LogP contribution is 2.28. The third-order valence-electron chi connectivity index (χ3n) is 4.04. The van der Waals surface area contributed by atoms with E-state index in [2.05, 4.69) is 17.6 Å². The third kappa shape index (κ3) is 5.65. The molecule has 0 bridgehead atoms. The monoisotopic (exact) mass is 331 g/mol. The Kier molecular flexibility index (Phi) is 7.60. The predicted octanol–water partition coefficient (Wildman–Crippen LogP) is 5.18. The van der Waals surface area contributed by atoms with Crippen molar-refractivity contribution < 1.29 is 4.74 Å². The van der Waals surface area contributed by atoms with E-state index < -0.39 is 0 Å². The maximum atomic E-state index is 6.25. The van der Waals surface area contributed by atoms with Crippen molar-refractivity contribution in [3.8, 4) is 0 Å². The summed E-state index contributed by atoms with van der Waals surface area (Å²) in [4.78, 5) is 2.46. The standard InChI is InChI=1S/C20H26ClNO/c1-3-7-17(8-4-2)20(18-9-11-19(21)12-10-18)23-16-15-22-13-5-6-14-22/h3-4,7-12,20H,1,5-6,13-16H2,2H3/b8-4-,17-7+. The molecule has 1 atom stereocenters. The quantitative estimate of drug-likeness (QED) is 0.608. The van der Waals surface area contributed by atoms with Crippen LogP contribution in [-0.2, 0) is 4.74 Å². The van der Waals surface area contributed by atoms with Crippen LogP contribution in [0.5, 0.6) is 0 Å². The van der Waals surface area contributed by atoms with E-state index in [9.17, 15) is 0 Å². The van der Waals surface area contributed by atoms with Gasteiger partial charge in [-0.1, -0.05) is 54.6 Å². The van der Waals surface area contributed by atoms with Gasteiger partial charge < -0.3 is 9.64 Å². The van der Waals surface area contributed by atoms with Crippen LogP contribution in [0.3, 0.4) is 0 Å². The van der Waals surface area contributed by atoms with E-state index in [1.165, 1.54) is 25.9 Å². The lowest BCUT2D eigenvalue weighted by molar-refractivity contribution is 0.0640. The fourth-order valence-corrected chi connectivity index (χ4v) is 3.01. The zero-order valence-electron chi connectivity index (χ0n) is 13.9. The van der Waals surface area contributed by atoms with Crippen molar-refractivity contribution in [2.45, 2.75) is 25.9 Å². The topological polar surface area (TPSA) is 12.5 Å². The molecule has 3 heteroatoms. The van der Waals surface area contributed by atoms with Gasteiger partial charge in [-0.05, 0) is 56.1 Å². The van der Waals surface area contributed by atoms with E-state index in [1.807, 2.05) is 49.4 Å². The van der Waals surface area contributed by atoms with Crippen LogP contribution < -0.4 is 0 Å². The van der Waals surface area contributed by atoms with Crippen molar-refractivity contribution in [3.05, 3.63) is 71.3 Å². The molecule has 23 heavy (non-hydrogen) atoms. The number of rotatable bonds is 8. The number of nitrogens with zero attached hydrogens (tertiary/aromatic N) is 1. The Morgan fingerprint density at radius 1 is 1.30 bits per heavy atom. The highest BCUT2D eigenvalue weighted by molar-refractivity contribution is 6.30. The first-order valence-corrected chi connectivity index (χ1v) is 8.67. The van der Waals surface area contributed by atoms with Crippen molar-refractivity contribution in [2.24, 2.45) is 0 Å². The minimum Gasteiger partial charge on any atom is -0.367 e. The van der Waals surface area contributed by atoms with Gasteiger partial charge in [0.1, 0.15) is 6.10 Å². The summed E-state index contributed by atoms with van der Waals surface area (Å²) in [5.74, 6) is 0. The Morgan fingerprint density at radius 2 is 2.00 bits per heavy atom. The first-order valence-electron chi connectivity index (χ1n) is 8.29. The minimum absolute atomic E-state index is 0.0935. The molecule has 1 aliphatic rings. The lowest BCUT2D eigenvalue weighted by Gasteiger charge is -2.22. The number of ether oxygens (including phenoxy) is 1. The Bertz CT molecular complexity index is 541. The fraction of sp³-hybridized carbons (Fsp3) is 0.400. The number of likely N-dealkylation sites (tertiary alicyclic amines) is 1. The summed E-state index contributed by atoms with van der Waals surface area (Å²) in [7, 11) is 0. The maximum Gasteiger partial charge on any atom is 0.108 e. The molecule has 0 amide bonds. The maximum absolute atomic E-state index is 6.25. The first kappa shape index (κ1) is 18.0. The van der Waals surface area contributed by atoms with Crippen molar-refractivity contribution in [1.82, 2.24) is 4.90 Å². The van der Waals surface area contributed by atoms with Gasteiger partial charge in [0.25, 0.3) is 0 Å². The number of allylic oxidation sites excluding steroid dienone is 3. The van der Waals surface area contributed by atoms with Gasteiger partial charge in [-0.3, -0.25) is 0 Å². The Labute approximate surface area is 145 Å². The molecule has 2 rings (SSSR count). The van der Waals surface area contributed by atoms with Gasteiger partial charge in [0.15, 0.2) is 0 Å². The first-order chi connectivity index (χ1) is 11.2. The van der Waals surface area contributed by atoms with Crippen LogP contribution in [0, 0.1) is 0 Å². The van der Waals surface area contributed by atoms with Crippen LogP contribution in [-0.4, -0.2) is 31.1 Å². The van der Waals surface area contributed by atoms with E-state index in [1.54, 1.807) is 0 Å². The predicted molar refractivity (Wildman–Crippen MR) is 98.9 cm³/mol. The highest BCUT2D eigenvalue weighted by atomic mass is 35.5. The molecule has 0 spiro atoms. The summed E-state index contributed by atoms with van der Waals surface area (Å²) in [6, 6.07) is 7.89. The molecule has 1 heterocycles. The molecule has 0 N–H and O–H groups in total. The lowest BCUT2D eigenvalue weighted by atomic mass is 10.0. The van der Waals surface area contributed by atoms with Crippen molar-refractivity contribution in [1.29, 1.82) is 0 Å². The summed E-state index contributed by atoms with van der Waals surface area (Å²) in [6.45, 7) is 9.93. The summed E-state index contributed by atoms with van der Waals surface area (Å²) in [5.41, 5.74) is 2.22. The molecule has 0 saturated carbocycles. The second kappa shape index (κ2) is 9.71. The molecule has 1 saturated heterocycles. The van der Waals surface area contributed by atoms with Crippen LogP contribution in [0.25, 0.3) is 0 Å². The third-order valence-corrected chi connectivity index (χ3v) is 4.29. The number of hydrogen-bond donors (Lipinski definition) is 0. The van der Waals surface area contributed by atoms with Crippen molar-refractivity contribution in [2.75, 3.05) is 26.2 Å². The van der Waals surface area contributed by atoms with E-state index in [-0.39, 0.29) is 6.10 Å². The molecule has 1 aromatic carbocycles. The smallest absolute Gasteiger partial charge is 0.108 e. The highest BCUT2D eigenvalue weighted by Gasteiger charge is 2.17. The molecule has 0 radical (unpaired) electrons. The minimum atomic E-state index is -0.0935. The fourth-order valence-electron chi connectivity index (χ4n) is 2.89. The molecule has 1 fully saturated rings. The molecule has 2 nitrogen and oxygen atoms in total. The van der Waals surface area contributed by atoms with Gasteiger partial charge in [-0.2, -0.15) is 0 Å². The second-order valence-corrected chi connectivity index (χ2v) is 6.19. The van der Waals surface area contributed by atoms with Gasteiger partial charge in [0.2, 0.25) is 0 Å². The van der Waals surface area contributed by atoms with E-state index >= 15 is 0 Å². The van der Waals surface area contributed by atoms with Crippen molar-refractivity contribution in [3.63, 3.8) is 0 Å². The van der Waals surface area contributed by atoms with E-state index in [0.717, 1.165) is 29.3 Å². The molecule has 0 aromatic heterocycles. The van der Waals surface area contributed by atoms with Crippen molar-refractivity contribution >= 4 is 11.6 Å². The summed E-state index contributed by atoms with van der Waals surface area (Å²) in [5, 5.41) is 0.741. The van der Waals surface area contributed by atoms with Crippen LogP contribution in [0.15, 0.2) is 60.7 Å². The largest absolute Gasteiger partial charge is 0.367 e. The zero-order valence-corrected chi connectivity index (χ0v) is 14.6. The molecular weight excluding hydrogens is 306 g/mol. The van der Waals surface area contributed by atoms with Gasteiger partial charge >= 0.3 is 0 Å². The number of hydrogen-bond acceptors (Lipinski definition) is 2. The molecule has 124 valence electrons. The lowest BCUT2D eigenvalue weighted by Crippen LogP contribution is -2.25. The number of halogens is 1. The Balaban J connectivity index is 2.10. The molecule has 1 aliphatic heterocycles. The summed E-state index contributed by atoms with van der Waals surface area (Å²) >= 11 is 6.02. The van der Waals surface area contributed by atoms with Crippen LogP contribution in [0.4, 0.5) is 0 Å². The van der Waals surface area contributed by atoms with Gasteiger partial charge in [0.05, 0.1) is 6.61 Å². The van der Waals surface area contributed by atoms with E-state index in [4.69, 9.17) is 16.3 Å². The van der Waals surface area contributed by atoms with E-state index in [0.29, 0.717) is 0 Å². The average Bonchev–Trinajstić information content (AvgIpc) is 3.06. The van der Waals surface area contributed by atoms with Gasteiger partial charge in [-0.15, -0.1) is 0 Å². The SMILES string of the molecule is C=C/C=C(\C=C/C)C(OCCN1CCCC1)c1ccc(Cl)cc1. The normalized spacial score (nSPS) is 17.7.